The molecule has 2 N–H and O–H groups in total. The van der Waals surface area contributed by atoms with E-state index in [0.29, 0.717) is 19.0 Å². The van der Waals surface area contributed by atoms with Gasteiger partial charge in [0.1, 0.15) is 5.82 Å². The van der Waals surface area contributed by atoms with Crippen LogP contribution in [0.15, 0.2) is 35.8 Å². The summed E-state index contributed by atoms with van der Waals surface area (Å²) in [5.41, 5.74) is 0.887. The summed E-state index contributed by atoms with van der Waals surface area (Å²) in [6, 6.07) is 4.61. The number of nitrogens with one attached hydrogen (secondary N) is 2. The van der Waals surface area contributed by atoms with Crippen molar-refractivity contribution in [3.63, 3.8) is 0 Å². The Morgan fingerprint density at radius 2 is 2.22 bits per heavy atom. The van der Waals surface area contributed by atoms with Crippen molar-refractivity contribution in [3.8, 4) is 0 Å². The molecule has 1 aromatic carbocycles. The summed E-state index contributed by atoms with van der Waals surface area (Å²) in [4.78, 5) is 4.02. The summed E-state index contributed by atoms with van der Waals surface area (Å²) in [5.74, 6) is 0.245. The molecule has 0 spiro atoms. The maximum absolute atomic E-state index is 12.9. The van der Waals surface area contributed by atoms with Crippen LogP contribution in [0.4, 0.5) is 4.39 Å². The standard InChI is InChI=1S/C12H15ClFN3.HI/c1-3-6-16-12(15-2)17-8-9-4-5-11(14)10(13)7-9;/h3-5,7H,1,6,8H2,2H3,(H2,15,16,17);1H. The van der Waals surface area contributed by atoms with Gasteiger partial charge in [-0.1, -0.05) is 23.7 Å². The minimum absolute atomic E-state index is 0. The average Bonchev–Trinajstić information content (AvgIpc) is 2.34. The zero-order chi connectivity index (χ0) is 12.7. The van der Waals surface area contributed by atoms with Crippen LogP contribution in [-0.4, -0.2) is 19.6 Å². The highest BCUT2D eigenvalue weighted by Gasteiger charge is 2.01. The van der Waals surface area contributed by atoms with Crippen LogP contribution in [0.5, 0.6) is 0 Å². The van der Waals surface area contributed by atoms with Gasteiger partial charge >= 0.3 is 0 Å². The smallest absolute Gasteiger partial charge is 0.191 e. The minimum Gasteiger partial charge on any atom is -0.353 e. The first kappa shape index (κ1) is 17.2. The largest absolute Gasteiger partial charge is 0.353 e. The van der Waals surface area contributed by atoms with Crippen molar-refractivity contribution in [2.45, 2.75) is 6.54 Å². The molecule has 0 saturated carbocycles. The quantitative estimate of drug-likeness (QED) is 0.363. The van der Waals surface area contributed by atoms with Gasteiger partial charge in [0.25, 0.3) is 0 Å². The van der Waals surface area contributed by atoms with Gasteiger partial charge in [0, 0.05) is 20.1 Å². The summed E-state index contributed by atoms with van der Waals surface area (Å²) >= 11 is 5.68. The van der Waals surface area contributed by atoms with Gasteiger partial charge in [-0.15, -0.1) is 30.6 Å². The van der Waals surface area contributed by atoms with Crippen LogP contribution in [0.25, 0.3) is 0 Å². The van der Waals surface area contributed by atoms with Crippen LogP contribution in [-0.2, 0) is 6.54 Å². The molecule has 1 rings (SSSR count). The summed E-state index contributed by atoms with van der Waals surface area (Å²) in [5, 5.41) is 6.23. The lowest BCUT2D eigenvalue weighted by Gasteiger charge is -2.10. The van der Waals surface area contributed by atoms with E-state index in [9.17, 15) is 4.39 Å². The fourth-order valence-corrected chi connectivity index (χ4v) is 1.43. The molecular formula is C12H16ClFIN3. The number of nitrogens with zero attached hydrogens (tertiary/aromatic N) is 1. The van der Waals surface area contributed by atoms with Gasteiger partial charge in [-0.05, 0) is 17.7 Å². The number of hydrogen-bond donors (Lipinski definition) is 2. The highest BCUT2D eigenvalue weighted by molar-refractivity contribution is 14.0. The van der Waals surface area contributed by atoms with Crippen molar-refractivity contribution in [1.82, 2.24) is 10.6 Å². The van der Waals surface area contributed by atoms with Crippen molar-refractivity contribution < 1.29 is 4.39 Å². The molecule has 1 aromatic rings. The molecule has 0 radical (unpaired) electrons. The minimum atomic E-state index is -0.412. The van der Waals surface area contributed by atoms with E-state index in [-0.39, 0.29) is 29.0 Å². The molecule has 6 heteroatoms. The van der Waals surface area contributed by atoms with Crippen LogP contribution in [0.2, 0.25) is 5.02 Å². The molecule has 0 fully saturated rings. The Labute approximate surface area is 129 Å². The summed E-state index contributed by atoms with van der Waals surface area (Å²) in [6.07, 6.45) is 1.74. The van der Waals surface area contributed by atoms with Gasteiger partial charge in [-0.3, -0.25) is 4.99 Å². The van der Waals surface area contributed by atoms with E-state index in [1.165, 1.54) is 6.07 Å². The van der Waals surface area contributed by atoms with E-state index < -0.39 is 5.82 Å². The molecule has 0 aliphatic heterocycles. The van der Waals surface area contributed by atoms with Crippen LogP contribution in [0.3, 0.4) is 0 Å². The van der Waals surface area contributed by atoms with Gasteiger partial charge in [-0.25, -0.2) is 4.39 Å². The second-order valence-electron chi connectivity index (χ2n) is 3.34. The van der Waals surface area contributed by atoms with Crippen molar-refractivity contribution in [2.24, 2.45) is 4.99 Å². The van der Waals surface area contributed by atoms with E-state index in [4.69, 9.17) is 11.6 Å². The monoisotopic (exact) mass is 383 g/mol. The second-order valence-corrected chi connectivity index (χ2v) is 3.75. The van der Waals surface area contributed by atoms with Crippen molar-refractivity contribution >= 4 is 41.5 Å². The number of hydrogen-bond acceptors (Lipinski definition) is 1. The van der Waals surface area contributed by atoms with E-state index in [1.807, 2.05) is 0 Å². The first-order chi connectivity index (χ1) is 8.17. The van der Waals surface area contributed by atoms with Gasteiger partial charge in [0.15, 0.2) is 5.96 Å². The van der Waals surface area contributed by atoms with Crippen molar-refractivity contribution in [3.05, 3.63) is 47.3 Å². The van der Waals surface area contributed by atoms with Crippen LogP contribution < -0.4 is 10.6 Å². The summed E-state index contributed by atoms with van der Waals surface area (Å²) < 4.78 is 12.9. The zero-order valence-corrected chi connectivity index (χ0v) is 13.1. The Balaban J connectivity index is 0.00000289. The lowest BCUT2D eigenvalue weighted by Crippen LogP contribution is -2.36. The normalized spacial score (nSPS) is 10.5. The highest BCUT2D eigenvalue weighted by Crippen LogP contribution is 2.15. The molecule has 0 aliphatic carbocycles. The molecule has 100 valence electrons. The van der Waals surface area contributed by atoms with Gasteiger partial charge < -0.3 is 10.6 Å². The molecule has 18 heavy (non-hydrogen) atoms. The number of halogens is 3. The molecule has 0 heterocycles. The van der Waals surface area contributed by atoms with Crippen LogP contribution >= 0.6 is 35.6 Å². The lowest BCUT2D eigenvalue weighted by molar-refractivity contribution is 0.627. The Kier molecular flexibility index (Phi) is 8.74. The lowest BCUT2D eigenvalue weighted by atomic mass is 10.2. The maximum atomic E-state index is 12.9. The highest BCUT2D eigenvalue weighted by atomic mass is 127. The molecule has 0 aromatic heterocycles. The third-order valence-electron chi connectivity index (χ3n) is 2.08. The molecule has 0 unspecified atom stereocenters. The molecule has 0 saturated heterocycles. The predicted octanol–water partition coefficient (Wildman–Crippen LogP) is 2.95. The van der Waals surface area contributed by atoms with E-state index in [0.717, 1.165) is 5.56 Å². The molecule has 0 aliphatic rings. The van der Waals surface area contributed by atoms with Gasteiger partial charge in [0.2, 0.25) is 0 Å². The van der Waals surface area contributed by atoms with Gasteiger partial charge in [-0.2, -0.15) is 0 Å². The second kappa shape index (κ2) is 9.16. The Hall–Kier alpha value is -0.820. The zero-order valence-electron chi connectivity index (χ0n) is 10.0. The van der Waals surface area contributed by atoms with Crippen molar-refractivity contribution in [2.75, 3.05) is 13.6 Å². The Morgan fingerprint density at radius 1 is 1.50 bits per heavy atom. The number of rotatable bonds is 4. The van der Waals surface area contributed by atoms with Crippen molar-refractivity contribution in [1.29, 1.82) is 0 Å². The first-order valence-corrected chi connectivity index (χ1v) is 5.54. The Morgan fingerprint density at radius 3 is 2.78 bits per heavy atom. The third-order valence-corrected chi connectivity index (χ3v) is 2.37. The maximum Gasteiger partial charge on any atom is 0.191 e. The number of benzene rings is 1. The SMILES string of the molecule is C=CCNC(=NC)NCc1ccc(F)c(Cl)c1.I. The van der Waals surface area contributed by atoms with E-state index in [2.05, 4.69) is 22.2 Å². The molecule has 0 amide bonds. The fourth-order valence-electron chi connectivity index (χ4n) is 1.22. The summed E-state index contributed by atoms with van der Waals surface area (Å²) in [7, 11) is 1.68. The number of guanidine groups is 1. The Bertz CT molecular complexity index is 424. The average molecular weight is 384 g/mol. The predicted molar refractivity (Wildman–Crippen MR) is 85.2 cm³/mol. The molecule has 3 nitrogen and oxygen atoms in total. The third kappa shape index (κ3) is 5.68. The molecular weight excluding hydrogens is 368 g/mol. The first-order valence-electron chi connectivity index (χ1n) is 5.16. The summed E-state index contributed by atoms with van der Waals surface area (Å²) in [6.45, 7) is 4.76. The van der Waals surface area contributed by atoms with E-state index >= 15 is 0 Å². The topological polar surface area (TPSA) is 36.4 Å². The van der Waals surface area contributed by atoms with E-state index in [1.54, 1.807) is 25.3 Å². The molecule has 0 bridgehead atoms. The van der Waals surface area contributed by atoms with Crippen LogP contribution in [0, 0.1) is 5.82 Å². The molecule has 0 atom stereocenters. The fraction of sp³-hybridized carbons (Fsp3) is 0.250. The van der Waals surface area contributed by atoms with Crippen LogP contribution in [0.1, 0.15) is 5.56 Å². The number of aliphatic imine (C=N–C) groups is 1. The van der Waals surface area contributed by atoms with Gasteiger partial charge in [0.05, 0.1) is 5.02 Å².